The Morgan fingerprint density at radius 3 is 2.52 bits per heavy atom. The third kappa shape index (κ3) is 7.25. The number of aryl methyl sites for hydroxylation is 1. The largest absolute Gasteiger partial charge is 0.380 e. The molecule has 0 aliphatic heterocycles. The van der Waals surface area contributed by atoms with E-state index in [-0.39, 0.29) is 29.2 Å². The molecule has 3 aromatic rings. The molecule has 42 heavy (non-hydrogen) atoms. The topological polar surface area (TPSA) is 113 Å². The molecular formula is C32H35FN6O3. The average molecular weight is 571 g/mol. The standard InChI is InChI=1S/C32H35FN6O3/c1-9-20-14-23(32(2,3)4)16-26(33)25(20)15-22(19-42-8)24(12-13-34)27-17-28(31(41)39(7)37-27)36-29-11-10-21(18-35-29)30(40)38(5)6/h1,10-18,34H,19H2,2-8H3,(H,35,36)/b22-15+,24-12+,34-13?. The van der Waals surface area contributed by atoms with Crippen LogP contribution in [0.15, 0.2) is 53.0 Å². The fourth-order valence-corrected chi connectivity index (χ4v) is 4.10. The Bertz CT molecular complexity index is 1660. The van der Waals surface area contributed by atoms with Crippen molar-refractivity contribution in [2.24, 2.45) is 7.05 Å². The second-order valence-electron chi connectivity index (χ2n) is 10.8. The summed E-state index contributed by atoms with van der Waals surface area (Å²) in [7, 11) is 6.27. The zero-order chi connectivity index (χ0) is 31.2. The lowest BCUT2D eigenvalue weighted by atomic mass is 9.84. The molecule has 0 aliphatic carbocycles. The highest BCUT2D eigenvalue weighted by Gasteiger charge is 2.20. The number of aromatic nitrogens is 3. The van der Waals surface area contributed by atoms with Gasteiger partial charge in [0.2, 0.25) is 0 Å². The van der Waals surface area contributed by atoms with Crippen LogP contribution in [0.3, 0.4) is 0 Å². The van der Waals surface area contributed by atoms with Crippen molar-refractivity contribution in [2.75, 3.05) is 33.1 Å². The van der Waals surface area contributed by atoms with Gasteiger partial charge < -0.3 is 20.4 Å². The second kappa shape index (κ2) is 13.2. The number of anilines is 2. The van der Waals surface area contributed by atoms with E-state index in [1.54, 1.807) is 38.4 Å². The van der Waals surface area contributed by atoms with E-state index in [1.165, 1.54) is 43.5 Å². The summed E-state index contributed by atoms with van der Waals surface area (Å²) in [6, 6.07) is 7.96. The molecule has 9 nitrogen and oxygen atoms in total. The van der Waals surface area contributed by atoms with Crippen LogP contribution in [0.25, 0.3) is 11.6 Å². The van der Waals surface area contributed by atoms with Crippen LogP contribution in [0.1, 0.15) is 53.5 Å². The minimum atomic E-state index is -0.490. The Kier molecular flexibility index (Phi) is 9.94. The molecule has 218 valence electrons. The number of rotatable bonds is 9. The van der Waals surface area contributed by atoms with Crippen molar-refractivity contribution < 1.29 is 13.9 Å². The molecule has 1 amide bonds. The molecule has 1 aromatic carbocycles. The predicted octanol–water partition coefficient (Wildman–Crippen LogP) is 4.80. The molecule has 2 heterocycles. The van der Waals surface area contributed by atoms with Crippen LogP contribution in [0, 0.1) is 23.6 Å². The molecule has 0 saturated carbocycles. The molecule has 2 N–H and O–H groups in total. The van der Waals surface area contributed by atoms with Crippen LogP contribution in [0.5, 0.6) is 0 Å². The van der Waals surface area contributed by atoms with Crippen molar-refractivity contribution >= 4 is 35.3 Å². The van der Waals surface area contributed by atoms with Crippen LogP contribution in [-0.4, -0.2) is 59.6 Å². The molecule has 0 saturated heterocycles. The molecule has 0 spiro atoms. The molecule has 0 atom stereocenters. The SMILES string of the molecule is C#Cc1cc(C(C)(C)C)cc(F)c1/C=C(COC)/C(=C\C=N)c1cc(Nc2ccc(C(=O)N(C)C)cn2)c(=O)n(C)n1. The number of nitrogens with one attached hydrogen (secondary N) is 2. The monoisotopic (exact) mass is 570 g/mol. The number of nitrogens with zero attached hydrogens (tertiary/aromatic N) is 4. The minimum absolute atomic E-state index is 0.0420. The number of pyridine rings is 1. The molecule has 0 bridgehead atoms. The van der Waals surface area contributed by atoms with Gasteiger partial charge in [0.15, 0.2) is 0 Å². The number of carbonyl (C=O) groups excluding carboxylic acids is 1. The number of allylic oxidation sites excluding steroid dienone is 1. The van der Waals surface area contributed by atoms with E-state index in [9.17, 15) is 9.59 Å². The highest BCUT2D eigenvalue weighted by Crippen LogP contribution is 2.31. The molecule has 0 radical (unpaired) electrons. The molecule has 0 aliphatic rings. The number of halogens is 1. The van der Waals surface area contributed by atoms with Gasteiger partial charge in [-0.3, -0.25) is 9.59 Å². The van der Waals surface area contributed by atoms with Crippen LogP contribution < -0.4 is 10.9 Å². The summed E-state index contributed by atoms with van der Waals surface area (Å²) in [5.74, 6) is 2.23. The van der Waals surface area contributed by atoms with Gasteiger partial charge in [0.05, 0.1) is 17.9 Å². The predicted molar refractivity (Wildman–Crippen MR) is 165 cm³/mol. The van der Waals surface area contributed by atoms with Gasteiger partial charge in [-0.2, -0.15) is 5.10 Å². The van der Waals surface area contributed by atoms with Gasteiger partial charge in [0.1, 0.15) is 17.3 Å². The summed E-state index contributed by atoms with van der Waals surface area (Å²) < 4.78 is 22.1. The van der Waals surface area contributed by atoms with Crippen molar-refractivity contribution in [2.45, 2.75) is 26.2 Å². The maximum absolute atomic E-state index is 15.5. The number of amides is 1. The van der Waals surface area contributed by atoms with Gasteiger partial charge >= 0.3 is 0 Å². The highest BCUT2D eigenvalue weighted by molar-refractivity contribution is 5.94. The zero-order valence-corrected chi connectivity index (χ0v) is 24.9. The van der Waals surface area contributed by atoms with E-state index in [0.29, 0.717) is 33.8 Å². The maximum atomic E-state index is 15.5. The van der Waals surface area contributed by atoms with Gasteiger partial charge in [-0.15, -0.1) is 6.42 Å². The lowest BCUT2D eigenvalue weighted by molar-refractivity contribution is 0.0827. The Balaban J connectivity index is 2.12. The average Bonchev–Trinajstić information content (AvgIpc) is 2.94. The first kappa shape index (κ1) is 31.6. The van der Waals surface area contributed by atoms with Crippen molar-refractivity contribution in [1.82, 2.24) is 19.7 Å². The van der Waals surface area contributed by atoms with Crippen molar-refractivity contribution in [3.05, 3.63) is 92.3 Å². The quantitative estimate of drug-likeness (QED) is 0.217. The number of benzene rings is 1. The molecule has 10 heteroatoms. The number of hydrogen-bond donors (Lipinski definition) is 2. The van der Waals surface area contributed by atoms with E-state index in [4.69, 9.17) is 16.6 Å². The van der Waals surface area contributed by atoms with Crippen LogP contribution in [-0.2, 0) is 17.2 Å². The van der Waals surface area contributed by atoms with E-state index >= 15 is 4.39 Å². The minimum Gasteiger partial charge on any atom is -0.380 e. The Hall–Kier alpha value is -4.88. The summed E-state index contributed by atoms with van der Waals surface area (Å²) in [6.45, 7) is 5.97. The van der Waals surface area contributed by atoms with Gasteiger partial charge in [0, 0.05) is 57.4 Å². The van der Waals surface area contributed by atoms with Gasteiger partial charge in [-0.25, -0.2) is 14.1 Å². The molecule has 3 rings (SSSR count). The molecule has 0 fully saturated rings. The number of ether oxygens (including phenoxy) is 1. The van der Waals surface area contributed by atoms with Crippen molar-refractivity contribution in [3.63, 3.8) is 0 Å². The third-order valence-corrected chi connectivity index (χ3v) is 6.38. The Morgan fingerprint density at radius 2 is 1.98 bits per heavy atom. The van der Waals surface area contributed by atoms with Gasteiger partial charge in [-0.1, -0.05) is 26.7 Å². The third-order valence-electron chi connectivity index (χ3n) is 6.38. The lowest BCUT2D eigenvalue weighted by Crippen LogP contribution is -2.24. The first-order valence-electron chi connectivity index (χ1n) is 13.1. The van der Waals surface area contributed by atoms with E-state index in [0.717, 1.165) is 16.5 Å². The summed E-state index contributed by atoms with van der Waals surface area (Å²) in [5, 5.41) is 15.2. The zero-order valence-electron chi connectivity index (χ0n) is 24.9. The van der Waals surface area contributed by atoms with E-state index in [2.05, 4.69) is 21.3 Å². The van der Waals surface area contributed by atoms with E-state index in [1.807, 2.05) is 20.8 Å². The number of methoxy groups -OCH3 is 1. The second-order valence-corrected chi connectivity index (χ2v) is 10.8. The summed E-state index contributed by atoms with van der Waals surface area (Å²) in [4.78, 5) is 30.9. The first-order valence-corrected chi connectivity index (χ1v) is 13.1. The van der Waals surface area contributed by atoms with Crippen LogP contribution in [0.4, 0.5) is 15.9 Å². The van der Waals surface area contributed by atoms with Crippen molar-refractivity contribution in [3.8, 4) is 12.3 Å². The highest BCUT2D eigenvalue weighted by atomic mass is 19.1. The fraction of sp³-hybridized carbons (Fsp3) is 0.281. The number of terminal acetylenes is 1. The van der Waals surface area contributed by atoms with Gasteiger partial charge in [0.25, 0.3) is 11.5 Å². The van der Waals surface area contributed by atoms with Gasteiger partial charge in [-0.05, 0) is 59.0 Å². The first-order chi connectivity index (χ1) is 19.8. The molecule has 0 unspecified atom stereocenters. The Morgan fingerprint density at radius 1 is 1.26 bits per heavy atom. The fourth-order valence-electron chi connectivity index (χ4n) is 4.10. The number of hydrogen-bond acceptors (Lipinski definition) is 7. The molecular weight excluding hydrogens is 535 g/mol. The van der Waals surface area contributed by atoms with Crippen molar-refractivity contribution in [1.29, 1.82) is 5.41 Å². The maximum Gasteiger partial charge on any atom is 0.290 e. The Labute approximate surface area is 245 Å². The normalized spacial score (nSPS) is 12.1. The summed E-state index contributed by atoms with van der Waals surface area (Å²) >= 11 is 0. The summed E-state index contributed by atoms with van der Waals surface area (Å²) in [6.07, 6.45) is 11.3. The number of carbonyl (C=O) groups is 1. The summed E-state index contributed by atoms with van der Waals surface area (Å²) in [5.41, 5.74) is 2.38. The molecule has 2 aromatic heterocycles. The lowest BCUT2D eigenvalue weighted by Gasteiger charge is -2.21. The van der Waals surface area contributed by atoms with Crippen LogP contribution in [0.2, 0.25) is 0 Å². The van der Waals surface area contributed by atoms with Crippen LogP contribution >= 0.6 is 0 Å². The smallest absolute Gasteiger partial charge is 0.290 e. The van der Waals surface area contributed by atoms with E-state index < -0.39 is 11.4 Å².